The van der Waals surface area contributed by atoms with E-state index in [2.05, 4.69) is 30.5 Å². The van der Waals surface area contributed by atoms with Gasteiger partial charge in [-0.05, 0) is 40.4 Å². The summed E-state index contributed by atoms with van der Waals surface area (Å²) in [4.78, 5) is 12.3. The Balaban J connectivity index is 1.78. The molecule has 0 N–H and O–H groups in total. The van der Waals surface area contributed by atoms with Crippen LogP contribution in [-0.2, 0) is 17.6 Å². The molecule has 0 aliphatic carbocycles. The lowest BCUT2D eigenvalue weighted by Gasteiger charge is -2.04. The van der Waals surface area contributed by atoms with E-state index in [0.717, 1.165) is 11.1 Å². The maximum absolute atomic E-state index is 12.3. The van der Waals surface area contributed by atoms with Crippen LogP contribution in [0.5, 0.6) is 0 Å². The number of benzene rings is 2. The smallest absolute Gasteiger partial charge is 0.141 e. The van der Waals surface area contributed by atoms with Crippen molar-refractivity contribution in [3.05, 3.63) is 70.6 Å². The Morgan fingerprint density at radius 3 is 2.50 bits per heavy atom. The maximum Gasteiger partial charge on any atom is 0.141 e. The molecule has 0 unspecified atom stereocenters. The van der Waals surface area contributed by atoms with Gasteiger partial charge in [0.2, 0.25) is 0 Å². The molecule has 100 valence electrons. The predicted octanol–water partition coefficient (Wildman–Crippen LogP) is 4.56. The summed E-state index contributed by atoms with van der Waals surface area (Å²) in [6.45, 7) is 2.06. The average molecular weight is 280 g/mol. The molecule has 0 atom stereocenters. The number of rotatable bonds is 4. The van der Waals surface area contributed by atoms with E-state index in [9.17, 15) is 4.79 Å². The molecular weight excluding hydrogens is 264 g/mol. The molecular formula is C18H16OS. The Hall–Kier alpha value is -1.93. The van der Waals surface area contributed by atoms with E-state index in [4.69, 9.17) is 0 Å². The van der Waals surface area contributed by atoms with Gasteiger partial charge in [-0.15, -0.1) is 11.3 Å². The van der Waals surface area contributed by atoms with Gasteiger partial charge in [0.15, 0.2) is 0 Å². The number of fused-ring (bicyclic) bond motifs is 1. The first-order valence-electron chi connectivity index (χ1n) is 6.75. The quantitative estimate of drug-likeness (QED) is 0.684. The Kier molecular flexibility index (Phi) is 3.66. The van der Waals surface area contributed by atoms with Crippen molar-refractivity contribution >= 4 is 27.2 Å². The molecule has 2 aromatic carbocycles. The van der Waals surface area contributed by atoms with Gasteiger partial charge in [0.05, 0.1) is 0 Å². The van der Waals surface area contributed by atoms with Crippen molar-refractivity contribution in [1.82, 2.24) is 0 Å². The first-order valence-corrected chi connectivity index (χ1v) is 7.63. The van der Waals surface area contributed by atoms with Crippen LogP contribution < -0.4 is 0 Å². The lowest BCUT2D eigenvalue weighted by Crippen LogP contribution is -2.07. The molecule has 0 radical (unpaired) electrons. The normalized spacial score (nSPS) is 10.8. The van der Waals surface area contributed by atoms with Gasteiger partial charge < -0.3 is 0 Å². The van der Waals surface area contributed by atoms with Crippen molar-refractivity contribution in [3.63, 3.8) is 0 Å². The lowest BCUT2D eigenvalue weighted by molar-refractivity contribution is -0.117. The molecule has 1 heterocycles. The topological polar surface area (TPSA) is 17.1 Å². The number of aryl methyl sites for hydroxylation is 1. The molecule has 1 aromatic heterocycles. The number of hydrogen-bond donors (Lipinski definition) is 0. The van der Waals surface area contributed by atoms with Gasteiger partial charge in [-0.1, -0.05) is 42.5 Å². The molecule has 2 heteroatoms. The molecule has 1 nitrogen and oxygen atoms in total. The molecule has 0 saturated heterocycles. The Bertz CT molecular complexity index is 755. The SMILES string of the molecule is Cc1ccccc1CC(=O)Cc1csc2ccccc12. The fraction of sp³-hybridized carbons (Fsp3) is 0.167. The third-order valence-electron chi connectivity index (χ3n) is 3.60. The zero-order chi connectivity index (χ0) is 13.9. The van der Waals surface area contributed by atoms with Crippen LogP contribution in [0.15, 0.2) is 53.9 Å². The molecule has 0 bridgehead atoms. The molecule has 3 rings (SSSR count). The highest BCUT2D eigenvalue weighted by molar-refractivity contribution is 7.17. The number of carbonyl (C=O) groups is 1. The molecule has 0 aliphatic rings. The molecule has 0 amide bonds. The third kappa shape index (κ3) is 2.66. The van der Waals surface area contributed by atoms with E-state index in [0.29, 0.717) is 12.8 Å². The summed E-state index contributed by atoms with van der Waals surface area (Å²) in [5.41, 5.74) is 3.48. The van der Waals surface area contributed by atoms with Crippen LogP contribution in [0.4, 0.5) is 0 Å². The van der Waals surface area contributed by atoms with Crippen LogP contribution in [0.3, 0.4) is 0 Å². The molecule has 0 saturated carbocycles. The maximum atomic E-state index is 12.3. The van der Waals surface area contributed by atoms with E-state index >= 15 is 0 Å². The average Bonchev–Trinajstić information content (AvgIpc) is 2.85. The van der Waals surface area contributed by atoms with E-state index in [-0.39, 0.29) is 5.78 Å². The minimum absolute atomic E-state index is 0.280. The summed E-state index contributed by atoms with van der Waals surface area (Å²) in [5.74, 6) is 0.280. The van der Waals surface area contributed by atoms with Crippen molar-refractivity contribution in [2.75, 3.05) is 0 Å². The molecule has 20 heavy (non-hydrogen) atoms. The highest BCUT2D eigenvalue weighted by atomic mass is 32.1. The third-order valence-corrected chi connectivity index (χ3v) is 4.61. The van der Waals surface area contributed by atoms with Crippen molar-refractivity contribution in [2.24, 2.45) is 0 Å². The summed E-state index contributed by atoms with van der Waals surface area (Å²) < 4.78 is 1.26. The minimum Gasteiger partial charge on any atom is -0.299 e. The second kappa shape index (κ2) is 5.59. The van der Waals surface area contributed by atoms with Crippen molar-refractivity contribution in [2.45, 2.75) is 19.8 Å². The highest BCUT2D eigenvalue weighted by Crippen LogP contribution is 2.26. The predicted molar refractivity (Wildman–Crippen MR) is 85.4 cm³/mol. The van der Waals surface area contributed by atoms with Crippen molar-refractivity contribution < 1.29 is 4.79 Å². The standard InChI is InChI=1S/C18H16OS/c1-13-6-2-3-7-14(13)10-16(19)11-15-12-20-18-9-5-4-8-17(15)18/h2-9,12H,10-11H2,1H3. The van der Waals surface area contributed by atoms with Gasteiger partial charge in [0.1, 0.15) is 5.78 Å². The number of ketones is 1. The van der Waals surface area contributed by atoms with Gasteiger partial charge in [0.25, 0.3) is 0 Å². The van der Waals surface area contributed by atoms with Crippen LogP contribution in [0, 0.1) is 6.92 Å². The molecule has 3 aromatic rings. The first-order chi connectivity index (χ1) is 9.74. The van der Waals surface area contributed by atoms with Crippen LogP contribution in [0.25, 0.3) is 10.1 Å². The zero-order valence-corrected chi connectivity index (χ0v) is 12.2. The zero-order valence-electron chi connectivity index (χ0n) is 11.4. The first kappa shape index (κ1) is 13.1. The number of Topliss-reactive ketones (excluding diaryl/α,β-unsaturated/α-hetero) is 1. The van der Waals surface area contributed by atoms with Gasteiger partial charge in [-0.3, -0.25) is 4.79 Å². The summed E-state index contributed by atoms with van der Waals surface area (Å²) in [6.07, 6.45) is 1.05. The Morgan fingerprint density at radius 2 is 1.65 bits per heavy atom. The van der Waals surface area contributed by atoms with Crippen LogP contribution in [0.1, 0.15) is 16.7 Å². The number of hydrogen-bond acceptors (Lipinski definition) is 2. The summed E-state index contributed by atoms with van der Waals surface area (Å²) in [7, 11) is 0. The largest absolute Gasteiger partial charge is 0.299 e. The molecule has 0 fully saturated rings. The Labute approximate surface area is 122 Å². The second-order valence-corrected chi connectivity index (χ2v) is 5.99. The van der Waals surface area contributed by atoms with Crippen LogP contribution in [0.2, 0.25) is 0 Å². The van der Waals surface area contributed by atoms with Crippen LogP contribution >= 0.6 is 11.3 Å². The van der Waals surface area contributed by atoms with Gasteiger partial charge >= 0.3 is 0 Å². The van der Waals surface area contributed by atoms with Gasteiger partial charge in [-0.25, -0.2) is 0 Å². The van der Waals surface area contributed by atoms with E-state index in [1.165, 1.54) is 15.6 Å². The van der Waals surface area contributed by atoms with Crippen LogP contribution in [-0.4, -0.2) is 5.78 Å². The summed E-state index contributed by atoms with van der Waals surface area (Å²) >= 11 is 1.71. The molecule has 0 aliphatic heterocycles. The summed E-state index contributed by atoms with van der Waals surface area (Å²) in [5, 5.41) is 3.33. The van der Waals surface area contributed by atoms with Crippen molar-refractivity contribution in [3.8, 4) is 0 Å². The van der Waals surface area contributed by atoms with Gasteiger partial charge in [-0.2, -0.15) is 0 Å². The van der Waals surface area contributed by atoms with Gasteiger partial charge in [0, 0.05) is 17.5 Å². The fourth-order valence-electron chi connectivity index (χ4n) is 2.47. The Morgan fingerprint density at radius 1 is 0.950 bits per heavy atom. The number of carbonyl (C=O) groups excluding carboxylic acids is 1. The second-order valence-electron chi connectivity index (χ2n) is 5.08. The monoisotopic (exact) mass is 280 g/mol. The summed E-state index contributed by atoms with van der Waals surface area (Å²) in [6, 6.07) is 16.4. The lowest BCUT2D eigenvalue weighted by atomic mass is 9.99. The van der Waals surface area contributed by atoms with E-state index in [1.807, 2.05) is 30.3 Å². The van der Waals surface area contributed by atoms with E-state index in [1.54, 1.807) is 11.3 Å². The minimum atomic E-state index is 0.280. The van der Waals surface area contributed by atoms with Crippen molar-refractivity contribution in [1.29, 1.82) is 0 Å². The highest BCUT2D eigenvalue weighted by Gasteiger charge is 2.10. The van der Waals surface area contributed by atoms with E-state index < -0.39 is 0 Å². The number of thiophene rings is 1. The molecule has 0 spiro atoms. The fourth-order valence-corrected chi connectivity index (χ4v) is 3.43.